The molecule has 128 valence electrons. The van der Waals surface area contributed by atoms with Crippen LogP contribution in [0, 0.1) is 0 Å². The minimum absolute atomic E-state index is 0.112. The van der Waals surface area contributed by atoms with Crippen molar-refractivity contribution in [1.82, 2.24) is 10.5 Å². The molecule has 0 unspecified atom stereocenters. The van der Waals surface area contributed by atoms with E-state index in [1.807, 2.05) is 0 Å². The molecule has 1 aromatic rings. The lowest BCUT2D eigenvalue weighted by atomic mass is 10.00. The second-order valence-electron chi connectivity index (χ2n) is 4.51. The van der Waals surface area contributed by atoms with Gasteiger partial charge in [-0.3, -0.25) is 14.4 Å². The molecule has 1 heterocycles. The minimum atomic E-state index is -0.844. The molecule has 9 nitrogen and oxygen atoms in total. The van der Waals surface area contributed by atoms with E-state index in [9.17, 15) is 19.2 Å². The minimum Gasteiger partial charge on any atom is -0.464 e. The zero-order chi connectivity index (χ0) is 17.5. The standard InChI is InChI=1S/C14H14N2O7S/c1-21-14(20)11-10-12(19)9(5-8(18)13(10)23-16-11)24-4-2-3-22-7-15-6-17/h5-6H,2-4,7H2,1H3,(H,15,17). The van der Waals surface area contributed by atoms with Crippen molar-refractivity contribution in [2.24, 2.45) is 0 Å². The summed E-state index contributed by atoms with van der Waals surface area (Å²) in [7, 11) is 1.14. The Morgan fingerprint density at radius 2 is 2.25 bits per heavy atom. The van der Waals surface area contributed by atoms with Crippen molar-refractivity contribution in [3.05, 3.63) is 28.0 Å². The highest BCUT2D eigenvalue weighted by atomic mass is 32.2. The molecule has 1 aliphatic carbocycles. The lowest BCUT2D eigenvalue weighted by Crippen LogP contribution is -2.18. The van der Waals surface area contributed by atoms with Gasteiger partial charge in [-0.2, -0.15) is 0 Å². The average molecular weight is 354 g/mol. The van der Waals surface area contributed by atoms with E-state index in [1.165, 1.54) is 11.8 Å². The summed E-state index contributed by atoms with van der Waals surface area (Å²) in [6.45, 7) is 0.496. The van der Waals surface area contributed by atoms with Crippen LogP contribution < -0.4 is 5.32 Å². The van der Waals surface area contributed by atoms with Crippen molar-refractivity contribution in [1.29, 1.82) is 0 Å². The van der Waals surface area contributed by atoms with Crippen molar-refractivity contribution < 1.29 is 33.2 Å². The van der Waals surface area contributed by atoms with Crippen LogP contribution in [0.4, 0.5) is 0 Å². The number of nitrogens with one attached hydrogen (secondary N) is 1. The van der Waals surface area contributed by atoms with Gasteiger partial charge in [-0.1, -0.05) is 5.16 Å². The number of carbonyl (C=O) groups excluding carboxylic acids is 4. The van der Waals surface area contributed by atoms with Crippen LogP contribution >= 0.6 is 11.8 Å². The van der Waals surface area contributed by atoms with E-state index in [4.69, 9.17) is 9.26 Å². The lowest BCUT2D eigenvalue weighted by molar-refractivity contribution is -0.111. The number of allylic oxidation sites excluding steroid dienone is 2. The van der Waals surface area contributed by atoms with Gasteiger partial charge in [0.25, 0.3) is 0 Å². The number of carbonyl (C=O) groups is 4. The van der Waals surface area contributed by atoms with Crippen LogP contribution in [0.3, 0.4) is 0 Å². The van der Waals surface area contributed by atoms with E-state index in [1.54, 1.807) is 0 Å². The summed E-state index contributed by atoms with van der Waals surface area (Å²) in [6, 6.07) is 0. The van der Waals surface area contributed by atoms with E-state index < -0.39 is 17.5 Å². The predicted octanol–water partition coefficient (Wildman–Crippen LogP) is 0.568. The molecule has 0 radical (unpaired) electrons. The number of rotatable bonds is 9. The Labute approximate surface area is 140 Å². The smallest absolute Gasteiger partial charge is 0.361 e. The first-order chi connectivity index (χ1) is 11.6. The van der Waals surface area contributed by atoms with Crippen LogP contribution in [-0.4, -0.2) is 55.3 Å². The van der Waals surface area contributed by atoms with Gasteiger partial charge >= 0.3 is 5.97 Å². The van der Waals surface area contributed by atoms with Gasteiger partial charge in [-0.25, -0.2) is 4.79 Å². The Hall–Kier alpha value is -2.46. The molecule has 0 spiro atoms. The summed E-state index contributed by atoms with van der Waals surface area (Å²) in [6.07, 6.45) is 2.29. The summed E-state index contributed by atoms with van der Waals surface area (Å²) in [5, 5.41) is 5.80. The highest BCUT2D eigenvalue weighted by Gasteiger charge is 2.36. The number of fused-ring (bicyclic) bond motifs is 1. The molecule has 0 saturated carbocycles. The maximum absolute atomic E-state index is 12.4. The molecule has 0 saturated heterocycles. The van der Waals surface area contributed by atoms with Crippen molar-refractivity contribution in [3.8, 4) is 0 Å². The molecule has 0 fully saturated rings. The summed E-state index contributed by atoms with van der Waals surface area (Å²) >= 11 is 1.17. The van der Waals surface area contributed by atoms with Crippen molar-refractivity contribution in [2.45, 2.75) is 6.42 Å². The Morgan fingerprint density at radius 1 is 1.46 bits per heavy atom. The molecule has 0 aliphatic heterocycles. The van der Waals surface area contributed by atoms with E-state index in [0.717, 1.165) is 13.2 Å². The third kappa shape index (κ3) is 3.89. The Kier molecular flexibility index (Phi) is 6.27. The number of hydrogen-bond acceptors (Lipinski definition) is 9. The number of thioether (sulfide) groups is 1. The summed E-state index contributed by atoms with van der Waals surface area (Å²) in [4.78, 5) is 46.3. The fraction of sp³-hybridized carbons (Fsp3) is 0.357. The largest absolute Gasteiger partial charge is 0.464 e. The number of aromatic nitrogens is 1. The van der Waals surface area contributed by atoms with Gasteiger partial charge in [0.2, 0.25) is 29.4 Å². The second kappa shape index (κ2) is 8.41. The first-order valence-corrected chi connectivity index (χ1v) is 7.85. The Morgan fingerprint density at radius 3 is 2.96 bits per heavy atom. The van der Waals surface area contributed by atoms with Gasteiger partial charge in [-0.05, 0) is 6.42 Å². The van der Waals surface area contributed by atoms with Crippen molar-refractivity contribution in [2.75, 3.05) is 26.2 Å². The molecule has 0 atom stereocenters. The Balaban J connectivity index is 1.97. The molecule has 24 heavy (non-hydrogen) atoms. The highest BCUT2D eigenvalue weighted by molar-refractivity contribution is 8.04. The first-order valence-electron chi connectivity index (χ1n) is 6.86. The maximum atomic E-state index is 12.4. The van der Waals surface area contributed by atoms with Crippen LogP contribution in [0.25, 0.3) is 0 Å². The monoisotopic (exact) mass is 354 g/mol. The predicted molar refractivity (Wildman–Crippen MR) is 81.7 cm³/mol. The molecular weight excluding hydrogens is 340 g/mol. The number of ether oxygens (including phenoxy) is 2. The molecule has 10 heteroatoms. The third-order valence-corrected chi connectivity index (χ3v) is 4.07. The fourth-order valence-corrected chi connectivity index (χ4v) is 2.80. The van der Waals surface area contributed by atoms with Gasteiger partial charge in [0.15, 0.2) is 0 Å². The van der Waals surface area contributed by atoms with Crippen LogP contribution in [0.15, 0.2) is 15.5 Å². The van der Waals surface area contributed by atoms with Crippen LogP contribution in [0.5, 0.6) is 0 Å². The number of amides is 1. The molecule has 2 rings (SSSR count). The second-order valence-corrected chi connectivity index (χ2v) is 5.64. The van der Waals surface area contributed by atoms with E-state index >= 15 is 0 Å². The molecule has 1 amide bonds. The number of hydrogen-bond donors (Lipinski definition) is 1. The van der Waals surface area contributed by atoms with Crippen LogP contribution in [0.2, 0.25) is 0 Å². The Bertz CT molecular complexity index is 695. The van der Waals surface area contributed by atoms with E-state index in [0.29, 0.717) is 25.2 Å². The number of Topliss-reactive ketones (excluding diaryl/α,β-unsaturated/α-hetero) is 1. The fourth-order valence-electron chi connectivity index (χ4n) is 1.89. The van der Waals surface area contributed by atoms with Gasteiger partial charge in [0.05, 0.1) is 12.0 Å². The number of methoxy groups -OCH3 is 1. The first kappa shape index (κ1) is 17.9. The van der Waals surface area contributed by atoms with Gasteiger partial charge in [0.1, 0.15) is 12.3 Å². The third-order valence-electron chi connectivity index (χ3n) is 2.97. The van der Waals surface area contributed by atoms with Crippen LogP contribution in [0.1, 0.15) is 37.8 Å². The topological polar surface area (TPSA) is 125 Å². The van der Waals surface area contributed by atoms with Gasteiger partial charge in [-0.15, -0.1) is 11.8 Å². The SMILES string of the molecule is COC(=O)c1noc2c1C(=O)C(SCCCOCNC=O)=CC2=O. The normalized spacial score (nSPS) is 13.3. The van der Waals surface area contributed by atoms with E-state index in [2.05, 4.69) is 15.2 Å². The van der Waals surface area contributed by atoms with Crippen LogP contribution in [-0.2, 0) is 14.3 Å². The molecule has 1 N–H and O–H groups in total. The van der Waals surface area contributed by atoms with Gasteiger partial charge < -0.3 is 19.3 Å². The number of nitrogens with zero attached hydrogens (tertiary/aromatic N) is 1. The lowest BCUT2D eigenvalue weighted by Gasteiger charge is -2.10. The van der Waals surface area contributed by atoms with Crippen molar-refractivity contribution in [3.63, 3.8) is 0 Å². The molecule has 1 aromatic heterocycles. The number of esters is 1. The number of ketones is 2. The highest BCUT2D eigenvalue weighted by Crippen LogP contribution is 2.30. The summed E-state index contributed by atoms with van der Waals surface area (Å²) in [5.74, 6) is -1.61. The zero-order valence-corrected chi connectivity index (χ0v) is 13.5. The molecular formula is C14H14N2O7S. The average Bonchev–Trinajstić information content (AvgIpc) is 3.03. The maximum Gasteiger partial charge on any atom is 0.361 e. The molecule has 0 aromatic carbocycles. The quantitative estimate of drug-likeness (QED) is 0.293. The molecule has 0 bridgehead atoms. The zero-order valence-electron chi connectivity index (χ0n) is 12.7. The van der Waals surface area contributed by atoms with Crippen molar-refractivity contribution >= 4 is 35.7 Å². The summed E-state index contributed by atoms with van der Waals surface area (Å²) in [5.41, 5.74) is -0.469. The molecule has 1 aliphatic rings. The summed E-state index contributed by atoms with van der Waals surface area (Å²) < 4.78 is 14.4. The van der Waals surface area contributed by atoms with Gasteiger partial charge in [0, 0.05) is 18.4 Å². The van der Waals surface area contributed by atoms with E-state index in [-0.39, 0.29) is 28.7 Å².